The van der Waals surface area contributed by atoms with E-state index in [9.17, 15) is 9.59 Å². The maximum absolute atomic E-state index is 12.3. The minimum Gasteiger partial charge on any atom is -0.326 e. The lowest BCUT2D eigenvalue weighted by Gasteiger charge is -2.31. The van der Waals surface area contributed by atoms with Gasteiger partial charge < -0.3 is 10.2 Å². The molecule has 0 saturated heterocycles. The Morgan fingerprint density at radius 1 is 1.35 bits per heavy atom. The molecule has 0 aliphatic carbocycles. The van der Waals surface area contributed by atoms with Gasteiger partial charge in [0.2, 0.25) is 11.8 Å². The van der Waals surface area contributed by atoms with Gasteiger partial charge in [-0.2, -0.15) is 0 Å². The Kier molecular flexibility index (Phi) is 5.35. The average molecular weight is 337 g/mol. The van der Waals surface area contributed by atoms with Crippen LogP contribution in [0.4, 0.5) is 11.4 Å². The van der Waals surface area contributed by atoms with E-state index < -0.39 is 5.41 Å². The van der Waals surface area contributed by atoms with E-state index in [0.717, 1.165) is 36.3 Å². The number of nitrogens with zero attached hydrogens (tertiary/aromatic N) is 1. The second-order valence-electron chi connectivity index (χ2n) is 7.06. The number of aryl methyl sites for hydroxylation is 1. The third kappa shape index (κ3) is 3.86. The lowest BCUT2D eigenvalue weighted by Crippen LogP contribution is -2.38. The van der Waals surface area contributed by atoms with E-state index in [1.165, 1.54) is 0 Å². The number of anilines is 2. The lowest BCUT2D eigenvalue weighted by molar-refractivity contribution is -0.123. The van der Waals surface area contributed by atoms with Gasteiger partial charge in [0.1, 0.15) is 0 Å². The summed E-state index contributed by atoms with van der Waals surface area (Å²) in [5.74, 6) is 0.287. The summed E-state index contributed by atoms with van der Waals surface area (Å²) in [6, 6.07) is 5.75. The maximum atomic E-state index is 12.3. The van der Waals surface area contributed by atoms with Gasteiger partial charge in [0.25, 0.3) is 0 Å². The summed E-state index contributed by atoms with van der Waals surface area (Å²) >= 11 is 5.85. The highest BCUT2D eigenvalue weighted by Gasteiger charge is 2.28. The first-order valence-electron chi connectivity index (χ1n) is 8.08. The molecule has 0 fully saturated rings. The molecule has 2 rings (SSSR count). The van der Waals surface area contributed by atoms with Crippen LogP contribution in [0.5, 0.6) is 0 Å². The van der Waals surface area contributed by atoms with Crippen molar-refractivity contribution in [1.29, 1.82) is 0 Å². The van der Waals surface area contributed by atoms with Gasteiger partial charge in [0.05, 0.1) is 5.41 Å². The van der Waals surface area contributed by atoms with Crippen LogP contribution < -0.4 is 10.2 Å². The van der Waals surface area contributed by atoms with Crippen LogP contribution >= 0.6 is 11.6 Å². The number of fused-ring (bicyclic) bond motifs is 1. The Balaban J connectivity index is 2.23. The van der Waals surface area contributed by atoms with Crippen LogP contribution in [0, 0.1) is 11.3 Å². The third-order valence-corrected chi connectivity index (χ3v) is 4.83. The van der Waals surface area contributed by atoms with Crippen molar-refractivity contribution in [2.45, 2.75) is 40.5 Å². The van der Waals surface area contributed by atoms with Crippen molar-refractivity contribution in [3.05, 3.63) is 23.8 Å². The average Bonchev–Trinajstić information content (AvgIpc) is 2.53. The first-order valence-corrected chi connectivity index (χ1v) is 8.61. The van der Waals surface area contributed by atoms with Gasteiger partial charge in [-0.25, -0.2) is 0 Å². The zero-order chi connectivity index (χ0) is 17.2. The molecule has 1 aromatic carbocycles. The number of nitrogens with one attached hydrogen (secondary N) is 1. The highest BCUT2D eigenvalue weighted by Crippen LogP contribution is 2.31. The smallest absolute Gasteiger partial charge is 0.231 e. The minimum atomic E-state index is -0.614. The molecule has 5 heteroatoms. The molecule has 1 aliphatic heterocycles. The SMILES string of the molecule is CC(C)C(=O)N1CCCc2cc(NC(=O)C(C)(C)CCl)ccc21. The topological polar surface area (TPSA) is 49.4 Å². The predicted octanol–water partition coefficient (Wildman–Crippen LogP) is 3.83. The van der Waals surface area contributed by atoms with Crippen LogP contribution in [0.25, 0.3) is 0 Å². The van der Waals surface area contributed by atoms with Crippen molar-refractivity contribution < 1.29 is 9.59 Å². The largest absolute Gasteiger partial charge is 0.326 e. The molecular weight excluding hydrogens is 312 g/mol. The van der Waals surface area contributed by atoms with Gasteiger partial charge in [-0.05, 0) is 50.5 Å². The van der Waals surface area contributed by atoms with E-state index >= 15 is 0 Å². The van der Waals surface area contributed by atoms with Crippen LogP contribution in [0.1, 0.15) is 39.7 Å². The van der Waals surface area contributed by atoms with Crippen molar-refractivity contribution in [2.24, 2.45) is 11.3 Å². The summed E-state index contributed by atoms with van der Waals surface area (Å²) in [6.07, 6.45) is 1.86. The Morgan fingerprint density at radius 3 is 2.65 bits per heavy atom. The van der Waals surface area contributed by atoms with Crippen molar-refractivity contribution in [3.63, 3.8) is 0 Å². The van der Waals surface area contributed by atoms with Crippen LogP contribution in [0.2, 0.25) is 0 Å². The van der Waals surface area contributed by atoms with E-state index in [4.69, 9.17) is 11.6 Å². The maximum Gasteiger partial charge on any atom is 0.231 e. The van der Waals surface area contributed by atoms with Gasteiger partial charge in [-0.15, -0.1) is 11.6 Å². The Morgan fingerprint density at radius 2 is 2.04 bits per heavy atom. The second kappa shape index (κ2) is 6.91. The fraction of sp³-hybridized carbons (Fsp3) is 0.556. The van der Waals surface area contributed by atoms with Crippen molar-refractivity contribution in [1.82, 2.24) is 0 Å². The van der Waals surface area contributed by atoms with Gasteiger partial charge in [-0.1, -0.05) is 13.8 Å². The fourth-order valence-corrected chi connectivity index (χ4v) is 2.70. The molecule has 1 aromatic rings. The fourth-order valence-electron chi connectivity index (χ4n) is 2.58. The quantitative estimate of drug-likeness (QED) is 0.849. The van der Waals surface area contributed by atoms with E-state index in [-0.39, 0.29) is 23.6 Å². The van der Waals surface area contributed by atoms with E-state index in [2.05, 4.69) is 5.32 Å². The van der Waals surface area contributed by atoms with E-state index in [1.54, 1.807) is 0 Å². The predicted molar refractivity (Wildman–Crippen MR) is 95.1 cm³/mol. The molecule has 4 nitrogen and oxygen atoms in total. The second-order valence-corrected chi connectivity index (χ2v) is 7.33. The molecule has 0 atom stereocenters. The Hall–Kier alpha value is -1.55. The number of amides is 2. The number of alkyl halides is 1. The molecule has 0 aromatic heterocycles. The number of carbonyl (C=O) groups is 2. The number of hydrogen-bond acceptors (Lipinski definition) is 2. The normalized spacial score (nSPS) is 14.6. The molecule has 0 spiro atoms. The van der Waals surface area contributed by atoms with E-state index in [1.807, 2.05) is 50.8 Å². The molecule has 0 saturated carbocycles. The van der Waals surface area contributed by atoms with Crippen LogP contribution in [-0.4, -0.2) is 24.2 Å². The molecule has 23 heavy (non-hydrogen) atoms. The third-order valence-electron chi connectivity index (χ3n) is 4.16. The first-order chi connectivity index (χ1) is 10.8. The lowest BCUT2D eigenvalue weighted by atomic mass is 9.94. The van der Waals surface area contributed by atoms with Crippen LogP contribution in [0.3, 0.4) is 0 Å². The summed E-state index contributed by atoms with van der Waals surface area (Å²) in [4.78, 5) is 26.4. The summed E-state index contributed by atoms with van der Waals surface area (Å²) in [5, 5.41) is 2.92. The molecular formula is C18H25ClN2O2. The summed E-state index contributed by atoms with van der Waals surface area (Å²) in [5.41, 5.74) is 2.21. The highest BCUT2D eigenvalue weighted by molar-refractivity contribution is 6.20. The zero-order valence-corrected chi connectivity index (χ0v) is 15.0. The molecule has 1 N–H and O–H groups in total. The van der Waals surface area contributed by atoms with E-state index in [0.29, 0.717) is 0 Å². The van der Waals surface area contributed by atoms with Crippen molar-refractivity contribution in [3.8, 4) is 0 Å². The van der Waals surface area contributed by atoms with Crippen molar-refractivity contribution >= 4 is 34.8 Å². The van der Waals surface area contributed by atoms with Gasteiger partial charge >= 0.3 is 0 Å². The Labute approximate surface area is 143 Å². The highest BCUT2D eigenvalue weighted by atomic mass is 35.5. The van der Waals surface area contributed by atoms with Gasteiger partial charge in [0.15, 0.2) is 0 Å². The summed E-state index contributed by atoms with van der Waals surface area (Å²) < 4.78 is 0. The van der Waals surface area contributed by atoms with Gasteiger partial charge in [-0.3, -0.25) is 9.59 Å². The Bertz CT molecular complexity index is 611. The molecule has 126 valence electrons. The summed E-state index contributed by atoms with van der Waals surface area (Å²) in [7, 11) is 0. The molecule has 1 heterocycles. The first kappa shape index (κ1) is 17.8. The van der Waals surface area contributed by atoms with Crippen LogP contribution in [0.15, 0.2) is 18.2 Å². The van der Waals surface area contributed by atoms with Gasteiger partial charge in [0, 0.05) is 29.7 Å². The number of rotatable bonds is 4. The number of carbonyl (C=O) groups excluding carboxylic acids is 2. The molecule has 2 amide bonds. The van der Waals surface area contributed by atoms with Crippen LogP contribution in [-0.2, 0) is 16.0 Å². The minimum absolute atomic E-state index is 0.0233. The zero-order valence-electron chi connectivity index (χ0n) is 14.3. The number of halogens is 1. The van der Waals surface area contributed by atoms with Crippen molar-refractivity contribution in [2.75, 3.05) is 22.6 Å². The standard InChI is InChI=1S/C18H25ClN2O2/c1-12(2)16(22)21-9-5-6-13-10-14(7-8-15(13)21)20-17(23)18(3,4)11-19/h7-8,10,12H,5-6,9,11H2,1-4H3,(H,20,23). The molecule has 0 unspecified atom stereocenters. The molecule has 1 aliphatic rings. The monoisotopic (exact) mass is 336 g/mol. The molecule has 0 radical (unpaired) electrons. The molecule has 0 bridgehead atoms. The summed E-state index contributed by atoms with van der Waals surface area (Å²) in [6.45, 7) is 8.22. The number of benzene rings is 1. The number of hydrogen-bond donors (Lipinski definition) is 1.